The topological polar surface area (TPSA) is 15.8 Å². The van der Waals surface area contributed by atoms with E-state index < -0.39 is 23.4 Å². The van der Waals surface area contributed by atoms with Gasteiger partial charge in [-0.1, -0.05) is 44.0 Å². The van der Waals surface area contributed by atoms with Crippen molar-refractivity contribution in [3.05, 3.63) is 69.6 Å². The third kappa shape index (κ3) is 3.15. The number of H-pyrrole nitrogens is 1. The highest BCUT2D eigenvalue weighted by molar-refractivity contribution is 6.31. The average molecular weight is 366 g/mol. The Morgan fingerprint density at radius 2 is 1.84 bits per heavy atom. The van der Waals surface area contributed by atoms with Crippen LogP contribution in [0.2, 0.25) is 5.02 Å². The minimum atomic E-state index is -0.884. The highest BCUT2D eigenvalue weighted by Gasteiger charge is 2.23. The van der Waals surface area contributed by atoms with Crippen molar-refractivity contribution in [2.45, 2.75) is 39.0 Å². The zero-order valence-electron chi connectivity index (χ0n) is 14.1. The van der Waals surface area contributed by atoms with Gasteiger partial charge in [-0.15, -0.1) is 0 Å². The first kappa shape index (κ1) is 17.9. The lowest BCUT2D eigenvalue weighted by molar-refractivity contribution is 0.495. The first-order chi connectivity index (χ1) is 12.0. The molecule has 3 rings (SSSR count). The van der Waals surface area contributed by atoms with Crippen LogP contribution < -0.4 is 0 Å². The molecule has 1 heterocycles. The van der Waals surface area contributed by atoms with Crippen LogP contribution in [0.1, 0.15) is 49.4 Å². The minimum absolute atomic E-state index is 0.0559. The van der Waals surface area contributed by atoms with Crippen LogP contribution in [0.25, 0.3) is 10.9 Å². The van der Waals surface area contributed by atoms with E-state index in [0.29, 0.717) is 23.0 Å². The maximum atomic E-state index is 14.6. The molecule has 3 aromatic rings. The van der Waals surface area contributed by atoms with Crippen molar-refractivity contribution in [2.75, 3.05) is 0 Å². The number of hydrogen-bond donors (Lipinski definition) is 1. The zero-order valence-corrected chi connectivity index (χ0v) is 14.9. The standard InChI is InChI=1S/C20H19ClF3N/c1-3-4-6-13-17-16(10-9-14(21)19(17)24)25-20(13)11(2)12-7-5-8-15(22)18(12)23/h5,7-11,25H,3-4,6H2,1-2H3. The largest absolute Gasteiger partial charge is 0.358 e. The number of rotatable bonds is 5. The molecule has 2 aromatic carbocycles. The number of benzene rings is 2. The van der Waals surface area contributed by atoms with Gasteiger partial charge in [0.15, 0.2) is 17.5 Å². The lowest BCUT2D eigenvalue weighted by Gasteiger charge is -2.15. The van der Waals surface area contributed by atoms with Gasteiger partial charge in [-0.2, -0.15) is 0 Å². The molecule has 132 valence electrons. The van der Waals surface area contributed by atoms with Crippen LogP contribution in [0.4, 0.5) is 13.2 Å². The summed E-state index contributed by atoms with van der Waals surface area (Å²) < 4.78 is 42.5. The van der Waals surface area contributed by atoms with E-state index in [1.54, 1.807) is 19.1 Å². The monoisotopic (exact) mass is 365 g/mol. The van der Waals surface area contributed by atoms with Crippen molar-refractivity contribution in [2.24, 2.45) is 0 Å². The van der Waals surface area contributed by atoms with Gasteiger partial charge in [-0.25, -0.2) is 13.2 Å². The molecular weight excluding hydrogens is 347 g/mol. The summed E-state index contributed by atoms with van der Waals surface area (Å²) in [6.07, 6.45) is 2.45. The average Bonchev–Trinajstić information content (AvgIpc) is 2.97. The molecular formula is C20H19ClF3N. The van der Waals surface area contributed by atoms with Crippen molar-refractivity contribution in [1.29, 1.82) is 0 Å². The van der Waals surface area contributed by atoms with Gasteiger partial charge in [0.2, 0.25) is 0 Å². The second-order valence-electron chi connectivity index (χ2n) is 6.27. The molecule has 1 atom stereocenters. The van der Waals surface area contributed by atoms with Gasteiger partial charge >= 0.3 is 0 Å². The predicted molar refractivity (Wildman–Crippen MR) is 95.8 cm³/mol. The van der Waals surface area contributed by atoms with E-state index in [4.69, 9.17) is 11.6 Å². The van der Waals surface area contributed by atoms with E-state index in [1.807, 2.05) is 6.92 Å². The molecule has 1 aromatic heterocycles. The molecule has 0 amide bonds. The highest BCUT2D eigenvalue weighted by Crippen LogP contribution is 2.36. The van der Waals surface area contributed by atoms with Gasteiger partial charge in [-0.3, -0.25) is 0 Å². The number of aromatic amines is 1. The fraction of sp³-hybridized carbons (Fsp3) is 0.300. The number of nitrogens with one attached hydrogen (secondary N) is 1. The van der Waals surface area contributed by atoms with Crippen LogP contribution in [0.5, 0.6) is 0 Å². The second kappa shape index (κ2) is 7.12. The Kier molecular flexibility index (Phi) is 5.09. The Bertz CT molecular complexity index is 917. The molecule has 0 saturated carbocycles. The van der Waals surface area contributed by atoms with Crippen LogP contribution in [-0.4, -0.2) is 4.98 Å². The molecule has 0 aliphatic rings. The molecule has 0 radical (unpaired) electrons. The SMILES string of the molecule is CCCCc1c(C(C)c2cccc(F)c2F)[nH]c2ccc(Cl)c(F)c12. The number of fused-ring (bicyclic) bond motifs is 1. The first-order valence-corrected chi connectivity index (χ1v) is 8.75. The maximum Gasteiger partial charge on any atom is 0.162 e. The summed E-state index contributed by atoms with van der Waals surface area (Å²) in [6.45, 7) is 3.84. The molecule has 0 spiro atoms. The van der Waals surface area contributed by atoms with Crippen LogP contribution in [0.15, 0.2) is 30.3 Å². The molecule has 1 N–H and O–H groups in total. The van der Waals surface area contributed by atoms with E-state index in [9.17, 15) is 13.2 Å². The van der Waals surface area contributed by atoms with Gasteiger partial charge in [0, 0.05) is 22.5 Å². The zero-order chi connectivity index (χ0) is 18.1. The van der Waals surface area contributed by atoms with E-state index in [2.05, 4.69) is 4.98 Å². The lowest BCUT2D eigenvalue weighted by Crippen LogP contribution is -2.04. The highest BCUT2D eigenvalue weighted by atomic mass is 35.5. The number of hydrogen-bond acceptors (Lipinski definition) is 0. The third-order valence-electron chi connectivity index (χ3n) is 4.65. The fourth-order valence-corrected chi connectivity index (χ4v) is 3.46. The Morgan fingerprint density at radius 1 is 1.08 bits per heavy atom. The van der Waals surface area contributed by atoms with Gasteiger partial charge in [0.05, 0.1) is 5.02 Å². The Labute approximate surface area is 149 Å². The maximum absolute atomic E-state index is 14.6. The third-order valence-corrected chi connectivity index (χ3v) is 4.94. The summed E-state index contributed by atoms with van der Waals surface area (Å²) >= 11 is 5.95. The van der Waals surface area contributed by atoms with Crippen LogP contribution in [0, 0.1) is 17.5 Å². The van der Waals surface area contributed by atoms with E-state index in [0.717, 1.165) is 24.5 Å². The summed E-state index contributed by atoms with van der Waals surface area (Å²) in [5.74, 6) is -2.66. The molecule has 0 aliphatic carbocycles. The normalized spacial score (nSPS) is 12.7. The summed E-state index contributed by atoms with van der Waals surface area (Å²) in [4.78, 5) is 3.20. The number of aryl methyl sites for hydroxylation is 1. The first-order valence-electron chi connectivity index (χ1n) is 8.38. The van der Waals surface area contributed by atoms with Gasteiger partial charge in [0.1, 0.15) is 0 Å². The van der Waals surface area contributed by atoms with Crippen molar-refractivity contribution < 1.29 is 13.2 Å². The van der Waals surface area contributed by atoms with Crippen LogP contribution in [-0.2, 0) is 6.42 Å². The predicted octanol–water partition coefficient (Wildman–Crippen LogP) is 6.73. The molecule has 1 nitrogen and oxygen atoms in total. The molecule has 0 bridgehead atoms. The summed E-state index contributed by atoms with van der Waals surface area (Å²) in [7, 11) is 0. The van der Waals surface area contributed by atoms with Gasteiger partial charge in [-0.05, 0) is 42.2 Å². The summed E-state index contributed by atoms with van der Waals surface area (Å²) in [5, 5.41) is 0.500. The Morgan fingerprint density at radius 3 is 2.56 bits per heavy atom. The molecule has 5 heteroatoms. The number of unbranched alkanes of at least 4 members (excludes halogenated alkanes) is 1. The summed E-state index contributed by atoms with van der Waals surface area (Å²) in [5.41, 5.74) is 2.35. The summed E-state index contributed by atoms with van der Waals surface area (Å²) in [6, 6.07) is 7.34. The molecule has 0 fully saturated rings. The van der Waals surface area contributed by atoms with Crippen molar-refractivity contribution >= 4 is 22.5 Å². The second-order valence-corrected chi connectivity index (χ2v) is 6.68. The molecule has 1 unspecified atom stereocenters. The van der Waals surface area contributed by atoms with E-state index in [1.165, 1.54) is 12.1 Å². The number of halogens is 4. The molecule has 0 saturated heterocycles. The molecule has 0 aliphatic heterocycles. The van der Waals surface area contributed by atoms with Gasteiger partial charge in [0.25, 0.3) is 0 Å². The van der Waals surface area contributed by atoms with Crippen LogP contribution in [0.3, 0.4) is 0 Å². The Hall–Kier alpha value is -1.94. The van der Waals surface area contributed by atoms with E-state index in [-0.39, 0.29) is 10.6 Å². The Balaban J connectivity index is 2.20. The van der Waals surface area contributed by atoms with Crippen LogP contribution >= 0.6 is 11.6 Å². The van der Waals surface area contributed by atoms with Crippen molar-refractivity contribution in [3.63, 3.8) is 0 Å². The minimum Gasteiger partial charge on any atom is -0.358 e. The van der Waals surface area contributed by atoms with Crippen molar-refractivity contribution in [3.8, 4) is 0 Å². The molecule has 25 heavy (non-hydrogen) atoms. The van der Waals surface area contributed by atoms with Gasteiger partial charge < -0.3 is 4.98 Å². The number of aromatic nitrogens is 1. The van der Waals surface area contributed by atoms with E-state index >= 15 is 0 Å². The quantitative estimate of drug-likeness (QED) is 0.515. The van der Waals surface area contributed by atoms with Crippen molar-refractivity contribution in [1.82, 2.24) is 4.98 Å². The fourth-order valence-electron chi connectivity index (χ4n) is 3.30. The smallest absolute Gasteiger partial charge is 0.162 e. The lowest BCUT2D eigenvalue weighted by atomic mass is 9.92.